The second-order valence-corrected chi connectivity index (χ2v) is 4.20. The summed E-state index contributed by atoms with van der Waals surface area (Å²) < 4.78 is 5.69. The van der Waals surface area contributed by atoms with Crippen molar-refractivity contribution in [1.82, 2.24) is 10.3 Å². The van der Waals surface area contributed by atoms with Crippen molar-refractivity contribution in [2.75, 3.05) is 6.54 Å². The van der Waals surface area contributed by atoms with Gasteiger partial charge in [0.15, 0.2) is 5.76 Å². The molecule has 0 fully saturated rings. The van der Waals surface area contributed by atoms with Crippen LogP contribution in [0.4, 0.5) is 0 Å². The van der Waals surface area contributed by atoms with E-state index in [9.17, 15) is 0 Å². The maximum atomic E-state index is 5.69. The van der Waals surface area contributed by atoms with Gasteiger partial charge in [0.2, 0.25) is 5.89 Å². The van der Waals surface area contributed by atoms with E-state index in [2.05, 4.69) is 49.3 Å². The van der Waals surface area contributed by atoms with Crippen LogP contribution in [0.15, 0.2) is 28.8 Å². The molecule has 0 aliphatic rings. The Morgan fingerprint density at radius 1 is 1.24 bits per heavy atom. The van der Waals surface area contributed by atoms with Crippen LogP contribution in [0.1, 0.15) is 23.9 Å². The van der Waals surface area contributed by atoms with Gasteiger partial charge < -0.3 is 9.73 Å². The summed E-state index contributed by atoms with van der Waals surface area (Å²) in [6.45, 7) is 7.88. The predicted molar refractivity (Wildman–Crippen MR) is 68.8 cm³/mol. The van der Waals surface area contributed by atoms with E-state index in [1.165, 1.54) is 11.1 Å². The highest BCUT2D eigenvalue weighted by Crippen LogP contribution is 2.22. The van der Waals surface area contributed by atoms with Gasteiger partial charge in [-0.05, 0) is 37.6 Å². The maximum Gasteiger partial charge on any atom is 0.208 e. The van der Waals surface area contributed by atoms with Crippen LogP contribution in [0.5, 0.6) is 0 Å². The van der Waals surface area contributed by atoms with Gasteiger partial charge in [-0.15, -0.1) is 0 Å². The predicted octanol–water partition coefficient (Wildman–Crippen LogP) is 3.07. The highest BCUT2D eigenvalue weighted by Gasteiger charge is 2.06. The molecule has 3 nitrogen and oxygen atoms in total. The summed E-state index contributed by atoms with van der Waals surface area (Å²) in [6.07, 6.45) is 1.79. The number of oxazole rings is 1. The fraction of sp³-hybridized carbons (Fsp3) is 0.357. The Bertz CT molecular complexity index is 503. The number of hydrogen-bond acceptors (Lipinski definition) is 3. The first kappa shape index (κ1) is 11.9. The van der Waals surface area contributed by atoms with E-state index in [1.807, 2.05) is 0 Å². The topological polar surface area (TPSA) is 38.1 Å². The number of hydrogen-bond donors (Lipinski definition) is 1. The monoisotopic (exact) mass is 230 g/mol. The Kier molecular flexibility index (Phi) is 3.59. The van der Waals surface area contributed by atoms with Crippen molar-refractivity contribution >= 4 is 0 Å². The third-order valence-corrected chi connectivity index (χ3v) is 2.87. The SMILES string of the molecule is CCNCc1ncc(-c2ccc(C)c(C)c2)o1. The van der Waals surface area contributed by atoms with Crippen LogP contribution in [0.25, 0.3) is 11.3 Å². The smallest absolute Gasteiger partial charge is 0.208 e. The van der Waals surface area contributed by atoms with E-state index >= 15 is 0 Å². The summed E-state index contributed by atoms with van der Waals surface area (Å²) in [4.78, 5) is 4.25. The normalized spacial score (nSPS) is 10.8. The Balaban J connectivity index is 2.21. The van der Waals surface area contributed by atoms with Gasteiger partial charge in [-0.2, -0.15) is 0 Å². The van der Waals surface area contributed by atoms with Gasteiger partial charge in [0.25, 0.3) is 0 Å². The van der Waals surface area contributed by atoms with Crippen LogP contribution in [-0.4, -0.2) is 11.5 Å². The molecule has 1 aromatic carbocycles. The first-order valence-corrected chi connectivity index (χ1v) is 5.93. The lowest BCUT2D eigenvalue weighted by Gasteiger charge is -2.02. The maximum absolute atomic E-state index is 5.69. The minimum Gasteiger partial charge on any atom is -0.439 e. The fourth-order valence-electron chi connectivity index (χ4n) is 1.65. The molecule has 0 spiro atoms. The summed E-state index contributed by atoms with van der Waals surface area (Å²) in [5, 5.41) is 3.19. The molecule has 0 atom stereocenters. The van der Waals surface area contributed by atoms with Crippen LogP contribution in [0.2, 0.25) is 0 Å². The zero-order chi connectivity index (χ0) is 12.3. The fourth-order valence-corrected chi connectivity index (χ4v) is 1.65. The first-order valence-electron chi connectivity index (χ1n) is 5.93. The van der Waals surface area contributed by atoms with E-state index in [1.54, 1.807) is 6.20 Å². The zero-order valence-electron chi connectivity index (χ0n) is 10.6. The van der Waals surface area contributed by atoms with Gasteiger partial charge in [-0.1, -0.05) is 19.1 Å². The molecule has 0 amide bonds. The average molecular weight is 230 g/mol. The summed E-state index contributed by atoms with van der Waals surface area (Å²) in [5.74, 6) is 1.57. The molecular weight excluding hydrogens is 212 g/mol. The van der Waals surface area contributed by atoms with Crippen molar-refractivity contribution in [3.05, 3.63) is 41.4 Å². The largest absolute Gasteiger partial charge is 0.439 e. The van der Waals surface area contributed by atoms with E-state index < -0.39 is 0 Å². The molecule has 3 heteroatoms. The van der Waals surface area contributed by atoms with Crippen LogP contribution in [0, 0.1) is 13.8 Å². The standard InChI is InChI=1S/C14H18N2O/c1-4-15-9-14-16-8-13(17-14)12-6-5-10(2)11(3)7-12/h5-8,15H,4,9H2,1-3H3. The molecule has 1 aromatic heterocycles. The molecule has 90 valence electrons. The first-order chi connectivity index (χ1) is 8.20. The van der Waals surface area contributed by atoms with Crippen LogP contribution < -0.4 is 5.32 Å². The van der Waals surface area contributed by atoms with Crippen molar-refractivity contribution < 1.29 is 4.42 Å². The van der Waals surface area contributed by atoms with Crippen molar-refractivity contribution in [1.29, 1.82) is 0 Å². The third kappa shape index (κ3) is 2.74. The van der Waals surface area contributed by atoms with Crippen molar-refractivity contribution in [3.8, 4) is 11.3 Å². The second-order valence-electron chi connectivity index (χ2n) is 4.20. The van der Waals surface area contributed by atoms with Gasteiger partial charge >= 0.3 is 0 Å². The molecule has 2 aromatic rings. The van der Waals surface area contributed by atoms with Gasteiger partial charge in [0, 0.05) is 5.56 Å². The van der Waals surface area contributed by atoms with Crippen molar-refractivity contribution in [2.45, 2.75) is 27.3 Å². The molecule has 0 unspecified atom stereocenters. The molecule has 0 bridgehead atoms. The number of nitrogens with one attached hydrogen (secondary N) is 1. The van der Waals surface area contributed by atoms with E-state index in [-0.39, 0.29) is 0 Å². The van der Waals surface area contributed by atoms with E-state index in [4.69, 9.17) is 4.42 Å². The quantitative estimate of drug-likeness (QED) is 0.877. The second kappa shape index (κ2) is 5.15. The Labute approximate surface area is 102 Å². The van der Waals surface area contributed by atoms with Crippen molar-refractivity contribution in [3.63, 3.8) is 0 Å². The third-order valence-electron chi connectivity index (χ3n) is 2.87. The number of aryl methyl sites for hydroxylation is 2. The summed E-state index contributed by atoms with van der Waals surface area (Å²) in [5.41, 5.74) is 3.65. The van der Waals surface area contributed by atoms with Gasteiger partial charge in [-0.25, -0.2) is 4.98 Å². The molecule has 0 aliphatic heterocycles. The zero-order valence-corrected chi connectivity index (χ0v) is 10.6. The summed E-state index contributed by atoms with van der Waals surface area (Å²) in [7, 11) is 0. The summed E-state index contributed by atoms with van der Waals surface area (Å²) >= 11 is 0. The lowest BCUT2D eigenvalue weighted by atomic mass is 10.1. The number of rotatable bonds is 4. The van der Waals surface area contributed by atoms with Gasteiger partial charge in [0.05, 0.1) is 12.7 Å². The van der Waals surface area contributed by atoms with Crippen LogP contribution >= 0.6 is 0 Å². The molecule has 0 aliphatic carbocycles. The highest BCUT2D eigenvalue weighted by molar-refractivity contribution is 5.58. The van der Waals surface area contributed by atoms with Crippen molar-refractivity contribution in [2.24, 2.45) is 0 Å². The Morgan fingerprint density at radius 3 is 2.76 bits per heavy atom. The minimum atomic E-state index is 0.682. The average Bonchev–Trinajstić information content (AvgIpc) is 2.79. The molecule has 2 rings (SSSR count). The summed E-state index contributed by atoms with van der Waals surface area (Å²) in [6, 6.07) is 6.31. The minimum absolute atomic E-state index is 0.682. The van der Waals surface area contributed by atoms with E-state index in [0.29, 0.717) is 6.54 Å². The lowest BCUT2D eigenvalue weighted by molar-refractivity contribution is 0.482. The molecule has 1 N–H and O–H groups in total. The molecule has 1 heterocycles. The molecule has 17 heavy (non-hydrogen) atoms. The number of aromatic nitrogens is 1. The van der Waals surface area contributed by atoms with Gasteiger partial charge in [-0.3, -0.25) is 0 Å². The molecular formula is C14H18N2O. The Morgan fingerprint density at radius 2 is 2.06 bits per heavy atom. The van der Waals surface area contributed by atoms with Gasteiger partial charge in [0.1, 0.15) is 0 Å². The number of nitrogens with zero attached hydrogens (tertiary/aromatic N) is 1. The van der Waals surface area contributed by atoms with Crippen LogP contribution in [0.3, 0.4) is 0 Å². The number of benzene rings is 1. The molecule has 0 saturated heterocycles. The molecule has 0 saturated carbocycles. The highest BCUT2D eigenvalue weighted by atomic mass is 16.4. The van der Waals surface area contributed by atoms with E-state index in [0.717, 1.165) is 23.8 Å². The Hall–Kier alpha value is -1.61. The lowest BCUT2D eigenvalue weighted by Crippen LogP contribution is -2.11. The van der Waals surface area contributed by atoms with Crippen LogP contribution in [-0.2, 0) is 6.54 Å². The molecule has 0 radical (unpaired) electrons.